The average Bonchev–Trinajstić information content (AvgIpc) is 3.18. The zero-order valence-corrected chi connectivity index (χ0v) is 24.8. The molecule has 9 heteroatoms. The van der Waals surface area contributed by atoms with Crippen LogP contribution in [0.1, 0.15) is 91.9 Å². The van der Waals surface area contributed by atoms with Gasteiger partial charge in [0.05, 0.1) is 31.3 Å². The Morgan fingerprint density at radius 1 is 1.14 bits per heavy atom. The van der Waals surface area contributed by atoms with Gasteiger partial charge in [-0.05, 0) is 38.2 Å². The molecule has 1 unspecified atom stereocenters. The Morgan fingerprint density at radius 2 is 1.81 bits per heavy atom. The molecular weight excluding hydrogens is 495 g/mol. The summed E-state index contributed by atoms with van der Waals surface area (Å²) in [6.07, 6.45) is 8.67. The number of carbonyl (C=O) groups excluding carboxylic acids is 2. The van der Waals surface area contributed by atoms with Gasteiger partial charge in [-0.3, -0.25) is 4.79 Å². The lowest BCUT2D eigenvalue weighted by Crippen LogP contribution is -2.59. The van der Waals surface area contributed by atoms with Crippen molar-refractivity contribution in [3.8, 4) is 0 Å². The summed E-state index contributed by atoms with van der Waals surface area (Å²) < 4.78 is 35.5. The van der Waals surface area contributed by atoms with Gasteiger partial charge in [0.2, 0.25) is 5.79 Å². The molecule has 6 atom stereocenters. The standard InChI is InChI=1S/C28H49O8P/c1-7-8-15-33-20(4)24(36-37)18-23-16-22(17-25(29)31-5)26(28(32-6,35-23)19(2)3)34-27(30)21-13-11-9-10-12-14-21/h17,19-21,23-24,26H,7-16,18,37H2,1-6H3/b22-17+/t20-,23+,24-,26+,28+/m1/s1. The third kappa shape index (κ3) is 8.99. The highest BCUT2D eigenvalue weighted by Gasteiger charge is 2.53. The highest BCUT2D eigenvalue weighted by atomic mass is 31.0. The van der Waals surface area contributed by atoms with Crippen LogP contribution in [0.15, 0.2) is 11.6 Å². The van der Waals surface area contributed by atoms with Crippen molar-refractivity contribution in [3.63, 3.8) is 0 Å². The minimum atomic E-state index is -1.26. The molecule has 1 heterocycles. The molecule has 1 aliphatic heterocycles. The zero-order chi connectivity index (χ0) is 27.4. The first-order chi connectivity index (χ1) is 17.7. The van der Waals surface area contributed by atoms with E-state index in [9.17, 15) is 9.59 Å². The van der Waals surface area contributed by atoms with Gasteiger partial charge in [0, 0.05) is 41.6 Å². The smallest absolute Gasteiger partial charge is 0.330 e. The van der Waals surface area contributed by atoms with E-state index in [0.717, 1.165) is 51.4 Å². The Kier molecular flexibility index (Phi) is 14.0. The third-order valence-corrected chi connectivity index (χ3v) is 7.99. The molecule has 8 nitrogen and oxygen atoms in total. The molecule has 214 valence electrons. The quantitative estimate of drug-likeness (QED) is 0.0984. The van der Waals surface area contributed by atoms with Gasteiger partial charge in [0.25, 0.3) is 0 Å². The lowest BCUT2D eigenvalue weighted by molar-refractivity contribution is -0.322. The number of esters is 2. The summed E-state index contributed by atoms with van der Waals surface area (Å²) in [5.74, 6) is -2.36. The second kappa shape index (κ2) is 16.1. The molecule has 0 bridgehead atoms. The minimum Gasteiger partial charge on any atom is -0.466 e. The summed E-state index contributed by atoms with van der Waals surface area (Å²) >= 11 is 0. The molecule has 0 amide bonds. The lowest BCUT2D eigenvalue weighted by Gasteiger charge is -2.49. The van der Waals surface area contributed by atoms with Gasteiger partial charge in [-0.25, -0.2) is 4.79 Å². The number of hydrogen-bond donors (Lipinski definition) is 0. The normalized spacial score (nSPS) is 28.1. The minimum absolute atomic E-state index is 0.150. The van der Waals surface area contributed by atoms with Crippen LogP contribution >= 0.6 is 9.47 Å². The topological polar surface area (TPSA) is 89.5 Å². The molecule has 1 aliphatic carbocycles. The van der Waals surface area contributed by atoms with Gasteiger partial charge >= 0.3 is 11.9 Å². The van der Waals surface area contributed by atoms with Crippen LogP contribution in [0.4, 0.5) is 0 Å². The first kappa shape index (κ1) is 32.2. The predicted molar refractivity (Wildman–Crippen MR) is 145 cm³/mol. The number of methoxy groups -OCH3 is 2. The molecule has 0 N–H and O–H groups in total. The molecule has 1 saturated carbocycles. The van der Waals surface area contributed by atoms with Crippen LogP contribution in [-0.4, -0.2) is 63.0 Å². The van der Waals surface area contributed by atoms with Crippen LogP contribution in [-0.2, 0) is 37.8 Å². The largest absolute Gasteiger partial charge is 0.466 e. The second-order valence-electron chi connectivity index (χ2n) is 10.6. The van der Waals surface area contributed by atoms with E-state index in [1.807, 2.05) is 20.8 Å². The van der Waals surface area contributed by atoms with Crippen molar-refractivity contribution in [2.24, 2.45) is 11.8 Å². The summed E-state index contributed by atoms with van der Waals surface area (Å²) in [5, 5.41) is 0. The predicted octanol–water partition coefficient (Wildman–Crippen LogP) is 5.53. The van der Waals surface area contributed by atoms with Gasteiger partial charge in [-0.2, -0.15) is 0 Å². The Morgan fingerprint density at radius 3 is 2.35 bits per heavy atom. The fourth-order valence-corrected chi connectivity index (χ4v) is 5.65. The molecule has 0 radical (unpaired) electrons. The summed E-state index contributed by atoms with van der Waals surface area (Å²) in [6, 6.07) is 0. The molecule has 0 aromatic carbocycles. The number of unbranched alkanes of at least 4 members (excludes halogenated alkanes) is 1. The van der Waals surface area contributed by atoms with Gasteiger partial charge in [0.15, 0.2) is 6.10 Å². The van der Waals surface area contributed by atoms with Crippen LogP contribution in [0.5, 0.6) is 0 Å². The number of ether oxygens (including phenoxy) is 5. The number of hydrogen-bond acceptors (Lipinski definition) is 8. The van der Waals surface area contributed by atoms with Crippen LogP contribution in [0.3, 0.4) is 0 Å². The van der Waals surface area contributed by atoms with Crippen molar-refractivity contribution in [1.29, 1.82) is 0 Å². The van der Waals surface area contributed by atoms with E-state index in [-0.39, 0.29) is 36.1 Å². The van der Waals surface area contributed by atoms with Crippen molar-refractivity contribution in [2.45, 2.75) is 122 Å². The van der Waals surface area contributed by atoms with Gasteiger partial charge in [-0.15, -0.1) is 0 Å². The molecular formula is C28H49O8P. The van der Waals surface area contributed by atoms with Crippen LogP contribution in [0, 0.1) is 11.8 Å². The van der Waals surface area contributed by atoms with Crippen molar-refractivity contribution in [3.05, 3.63) is 11.6 Å². The van der Waals surface area contributed by atoms with Crippen LogP contribution in [0.25, 0.3) is 0 Å². The van der Waals surface area contributed by atoms with E-state index in [0.29, 0.717) is 25.0 Å². The average molecular weight is 545 g/mol. The zero-order valence-electron chi connectivity index (χ0n) is 23.7. The van der Waals surface area contributed by atoms with Crippen molar-refractivity contribution in [1.82, 2.24) is 0 Å². The Labute approximate surface area is 225 Å². The van der Waals surface area contributed by atoms with E-state index in [4.69, 9.17) is 28.2 Å². The maximum atomic E-state index is 13.4. The lowest BCUT2D eigenvalue weighted by atomic mass is 9.83. The van der Waals surface area contributed by atoms with Crippen molar-refractivity contribution < 1.29 is 37.8 Å². The maximum Gasteiger partial charge on any atom is 0.330 e. The van der Waals surface area contributed by atoms with Gasteiger partial charge in [0.1, 0.15) is 0 Å². The molecule has 2 rings (SSSR count). The Bertz CT molecular complexity index is 734. The monoisotopic (exact) mass is 544 g/mol. The van der Waals surface area contributed by atoms with E-state index >= 15 is 0 Å². The second-order valence-corrected chi connectivity index (χ2v) is 10.9. The molecule has 0 aromatic heterocycles. The van der Waals surface area contributed by atoms with Crippen LogP contribution in [0.2, 0.25) is 0 Å². The molecule has 0 spiro atoms. The maximum absolute atomic E-state index is 13.4. The van der Waals surface area contributed by atoms with Crippen LogP contribution < -0.4 is 0 Å². The highest BCUT2D eigenvalue weighted by Crippen LogP contribution is 2.43. The Balaban J connectivity index is 2.34. The molecule has 2 fully saturated rings. The van der Waals surface area contributed by atoms with Crippen molar-refractivity contribution in [2.75, 3.05) is 20.8 Å². The number of rotatable bonds is 13. The van der Waals surface area contributed by atoms with Gasteiger partial charge < -0.3 is 28.2 Å². The first-order valence-corrected chi connectivity index (χ1v) is 14.4. The molecule has 37 heavy (non-hydrogen) atoms. The summed E-state index contributed by atoms with van der Waals surface area (Å²) in [5.41, 5.74) is 0.627. The van der Waals surface area contributed by atoms with E-state index in [1.165, 1.54) is 13.2 Å². The van der Waals surface area contributed by atoms with Crippen molar-refractivity contribution >= 4 is 21.4 Å². The number of carbonyl (C=O) groups is 2. The third-order valence-electron chi connectivity index (χ3n) is 7.64. The van der Waals surface area contributed by atoms with E-state index < -0.39 is 17.9 Å². The fraction of sp³-hybridized carbons (Fsp3) is 0.857. The van der Waals surface area contributed by atoms with E-state index in [2.05, 4.69) is 16.4 Å². The van der Waals surface area contributed by atoms with E-state index in [1.54, 1.807) is 7.11 Å². The molecule has 0 aromatic rings. The summed E-state index contributed by atoms with van der Waals surface area (Å²) in [7, 11) is 5.23. The van der Waals surface area contributed by atoms with Gasteiger partial charge in [-0.1, -0.05) is 52.9 Å². The molecule has 2 aliphatic rings. The first-order valence-electron chi connectivity index (χ1n) is 13.9. The molecule has 1 saturated heterocycles. The highest BCUT2D eigenvalue weighted by molar-refractivity contribution is 7.09. The Hall–Kier alpha value is -1.05. The summed E-state index contributed by atoms with van der Waals surface area (Å²) in [4.78, 5) is 25.7. The SMILES string of the molecule is CCCCO[C@H](C)[C@@H](C[C@@H]1C/C(=C\C(=O)OC)[C@H](OC(=O)C2CCCCCC2)[C@](OC)(C(C)C)O1)OP. The fourth-order valence-electron chi connectivity index (χ4n) is 5.32. The summed E-state index contributed by atoms with van der Waals surface area (Å²) in [6.45, 7) is 8.71.